The fraction of sp³-hybridized carbons (Fsp3) is 0.524. The third-order valence-electron chi connectivity index (χ3n) is 4.77. The Morgan fingerprint density at radius 2 is 1.93 bits per heavy atom. The molecule has 8 heteroatoms. The standard InChI is InChI=1S/C21H26F3N3O2/c1-13-10-14(26-19(28)29-20(2,3)4)12-27(11-13)17-8-7-16(21(22,23)24)18-15(17)6-5-9-25-18/h5-9,13-14H,10-12H2,1-4H3,(H,26,28). The number of hydrogen-bond acceptors (Lipinski definition) is 4. The largest absolute Gasteiger partial charge is 0.444 e. The van der Waals surface area contributed by atoms with E-state index in [0.717, 1.165) is 12.5 Å². The lowest BCUT2D eigenvalue weighted by atomic mass is 9.94. The van der Waals surface area contributed by atoms with Crippen molar-refractivity contribution in [1.29, 1.82) is 0 Å². The number of alkyl carbamates (subject to hydrolysis) is 1. The van der Waals surface area contributed by atoms with E-state index in [1.807, 2.05) is 4.90 Å². The molecule has 0 saturated carbocycles. The molecule has 0 spiro atoms. The van der Waals surface area contributed by atoms with Gasteiger partial charge in [0.05, 0.1) is 11.1 Å². The number of ether oxygens (including phenoxy) is 1. The van der Waals surface area contributed by atoms with Crippen molar-refractivity contribution in [2.75, 3.05) is 18.0 Å². The summed E-state index contributed by atoms with van der Waals surface area (Å²) in [4.78, 5) is 18.2. The van der Waals surface area contributed by atoms with Crippen LogP contribution in [0.3, 0.4) is 0 Å². The van der Waals surface area contributed by atoms with Gasteiger partial charge in [-0.15, -0.1) is 0 Å². The molecule has 1 aromatic heterocycles. The van der Waals surface area contributed by atoms with E-state index >= 15 is 0 Å². The Morgan fingerprint density at radius 1 is 1.21 bits per heavy atom. The van der Waals surface area contributed by atoms with Crippen LogP contribution in [0.5, 0.6) is 0 Å². The Labute approximate surface area is 168 Å². The molecule has 1 aliphatic rings. The Morgan fingerprint density at radius 3 is 2.59 bits per heavy atom. The predicted octanol–water partition coefficient (Wildman–Crippen LogP) is 4.99. The number of alkyl halides is 3. The molecule has 2 atom stereocenters. The van der Waals surface area contributed by atoms with Crippen LogP contribution in [-0.4, -0.2) is 35.8 Å². The molecule has 3 rings (SSSR count). The van der Waals surface area contributed by atoms with Gasteiger partial charge in [0.25, 0.3) is 0 Å². The van der Waals surface area contributed by atoms with Crippen LogP contribution in [-0.2, 0) is 10.9 Å². The van der Waals surface area contributed by atoms with Crippen LogP contribution in [0.4, 0.5) is 23.7 Å². The van der Waals surface area contributed by atoms with E-state index in [2.05, 4.69) is 17.2 Å². The predicted molar refractivity (Wildman–Crippen MR) is 106 cm³/mol. The Hall–Kier alpha value is -2.51. The van der Waals surface area contributed by atoms with E-state index in [0.29, 0.717) is 24.2 Å². The van der Waals surface area contributed by atoms with E-state index in [1.54, 1.807) is 32.9 Å². The summed E-state index contributed by atoms with van der Waals surface area (Å²) in [6.07, 6.45) is -2.82. The van der Waals surface area contributed by atoms with Crippen molar-refractivity contribution in [1.82, 2.24) is 10.3 Å². The molecule has 2 aromatic rings. The van der Waals surface area contributed by atoms with Gasteiger partial charge in [-0.25, -0.2) is 4.79 Å². The molecule has 1 N–H and O–H groups in total. The van der Waals surface area contributed by atoms with Crippen molar-refractivity contribution in [2.24, 2.45) is 5.92 Å². The van der Waals surface area contributed by atoms with Gasteiger partial charge in [-0.2, -0.15) is 13.2 Å². The zero-order valence-corrected chi connectivity index (χ0v) is 17.0. The first-order valence-corrected chi connectivity index (χ1v) is 9.63. The first-order valence-electron chi connectivity index (χ1n) is 9.63. The number of carbonyl (C=O) groups excluding carboxylic acids is 1. The van der Waals surface area contributed by atoms with E-state index in [9.17, 15) is 18.0 Å². The number of rotatable bonds is 2. The molecule has 0 radical (unpaired) electrons. The van der Waals surface area contributed by atoms with Crippen molar-refractivity contribution in [3.8, 4) is 0 Å². The molecule has 5 nitrogen and oxygen atoms in total. The molecule has 1 aromatic carbocycles. The average molecular weight is 409 g/mol. The topological polar surface area (TPSA) is 54.5 Å². The molecule has 1 amide bonds. The maximum Gasteiger partial charge on any atom is 0.418 e. The highest BCUT2D eigenvalue weighted by Crippen LogP contribution is 2.38. The summed E-state index contributed by atoms with van der Waals surface area (Å²) >= 11 is 0. The van der Waals surface area contributed by atoms with E-state index in [-0.39, 0.29) is 17.5 Å². The maximum absolute atomic E-state index is 13.4. The van der Waals surface area contributed by atoms with Gasteiger partial charge in [-0.05, 0) is 57.4 Å². The number of nitrogens with one attached hydrogen (secondary N) is 1. The summed E-state index contributed by atoms with van der Waals surface area (Å²) in [5, 5.41) is 3.34. The molecule has 1 fully saturated rings. The van der Waals surface area contributed by atoms with Crippen LogP contribution < -0.4 is 10.2 Å². The molecule has 2 unspecified atom stereocenters. The molecule has 0 bridgehead atoms. The first kappa shape index (κ1) is 21.2. The van der Waals surface area contributed by atoms with Gasteiger partial charge in [0, 0.05) is 36.4 Å². The van der Waals surface area contributed by atoms with Crippen LogP contribution in [0.1, 0.15) is 39.7 Å². The molecule has 1 aliphatic heterocycles. The number of pyridine rings is 1. The van der Waals surface area contributed by atoms with Crippen molar-refractivity contribution < 1.29 is 22.7 Å². The van der Waals surface area contributed by atoms with Gasteiger partial charge in [0.15, 0.2) is 0 Å². The van der Waals surface area contributed by atoms with Gasteiger partial charge in [-0.1, -0.05) is 6.92 Å². The Bertz CT molecular complexity index is 893. The number of amides is 1. The number of nitrogens with zero attached hydrogens (tertiary/aromatic N) is 2. The van der Waals surface area contributed by atoms with E-state index in [4.69, 9.17) is 4.74 Å². The number of halogens is 3. The second-order valence-corrected chi connectivity index (χ2v) is 8.62. The Kier molecular flexibility index (Phi) is 5.65. The summed E-state index contributed by atoms with van der Waals surface area (Å²) in [6, 6.07) is 5.70. The molecular formula is C21H26F3N3O2. The normalized spacial score (nSPS) is 20.6. The number of aromatic nitrogens is 1. The van der Waals surface area contributed by atoms with E-state index in [1.165, 1.54) is 12.3 Å². The monoisotopic (exact) mass is 409 g/mol. The second-order valence-electron chi connectivity index (χ2n) is 8.62. The molecule has 29 heavy (non-hydrogen) atoms. The number of hydrogen-bond donors (Lipinski definition) is 1. The number of carbonyl (C=O) groups is 1. The number of fused-ring (bicyclic) bond motifs is 1. The lowest BCUT2D eigenvalue weighted by Gasteiger charge is -2.39. The van der Waals surface area contributed by atoms with Crippen LogP contribution >= 0.6 is 0 Å². The van der Waals surface area contributed by atoms with Gasteiger partial charge >= 0.3 is 12.3 Å². The Balaban J connectivity index is 1.88. The summed E-state index contributed by atoms with van der Waals surface area (Å²) < 4.78 is 45.5. The second kappa shape index (κ2) is 7.72. The van der Waals surface area contributed by atoms with Crippen LogP contribution in [0.15, 0.2) is 30.5 Å². The number of piperidine rings is 1. The fourth-order valence-corrected chi connectivity index (χ4v) is 3.79. The van der Waals surface area contributed by atoms with Crippen molar-refractivity contribution in [2.45, 2.75) is 51.9 Å². The summed E-state index contributed by atoms with van der Waals surface area (Å²) in [6.45, 7) is 8.61. The number of benzene rings is 1. The van der Waals surface area contributed by atoms with Crippen molar-refractivity contribution in [3.05, 3.63) is 36.0 Å². The summed E-state index contributed by atoms with van der Waals surface area (Å²) in [5.74, 6) is 0.248. The summed E-state index contributed by atoms with van der Waals surface area (Å²) in [7, 11) is 0. The van der Waals surface area contributed by atoms with Crippen molar-refractivity contribution >= 4 is 22.7 Å². The third kappa shape index (κ3) is 5.10. The smallest absolute Gasteiger partial charge is 0.418 e. The molecule has 158 valence electrons. The van der Waals surface area contributed by atoms with E-state index < -0.39 is 23.4 Å². The molecule has 0 aliphatic carbocycles. The third-order valence-corrected chi connectivity index (χ3v) is 4.77. The molecular weight excluding hydrogens is 383 g/mol. The minimum Gasteiger partial charge on any atom is -0.444 e. The van der Waals surface area contributed by atoms with Crippen LogP contribution in [0, 0.1) is 5.92 Å². The highest BCUT2D eigenvalue weighted by Gasteiger charge is 2.35. The molecule has 1 saturated heterocycles. The minimum atomic E-state index is -4.47. The lowest BCUT2D eigenvalue weighted by Crippen LogP contribution is -2.51. The van der Waals surface area contributed by atoms with Gasteiger partial charge < -0.3 is 15.0 Å². The zero-order valence-electron chi connectivity index (χ0n) is 17.0. The minimum absolute atomic E-state index is 0.0626. The number of anilines is 1. The van der Waals surface area contributed by atoms with Crippen molar-refractivity contribution in [3.63, 3.8) is 0 Å². The van der Waals surface area contributed by atoms with Gasteiger partial charge in [-0.3, -0.25) is 4.98 Å². The summed E-state index contributed by atoms with van der Waals surface area (Å²) in [5.41, 5.74) is -0.722. The molecule has 2 heterocycles. The lowest BCUT2D eigenvalue weighted by molar-refractivity contribution is -0.136. The quantitative estimate of drug-likeness (QED) is 0.759. The zero-order chi connectivity index (χ0) is 21.4. The first-order chi connectivity index (χ1) is 13.4. The van der Waals surface area contributed by atoms with Gasteiger partial charge in [0.2, 0.25) is 0 Å². The fourth-order valence-electron chi connectivity index (χ4n) is 3.79. The highest BCUT2D eigenvalue weighted by atomic mass is 19.4. The highest BCUT2D eigenvalue weighted by molar-refractivity contribution is 5.94. The maximum atomic E-state index is 13.4. The average Bonchev–Trinajstić information content (AvgIpc) is 2.57. The SMILES string of the molecule is CC1CC(NC(=O)OC(C)(C)C)CN(c2ccc(C(F)(F)F)c3ncccc23)C1. The van der Waals surface area contributed by atoms with Crippen LogP contribution in [0.2, 0.25) is 0 Å². The van der Waals surface area contributed by atoms with Crippen LogP contribution in [0.25, 0.3) is 10.9 Å². The van der Waals surface area contributed by atoms with Gasteiger partial charge in [0.1, 0.15) is 5.60 Å².